The Morgan fingerprint density at radius 3 is 2.58 bits per heavy atom. The summed E-state index contributed by atoms with van der Waals surface area (Å²) in [7, 11) is 0. The van der Waals surface area contributed by atoms with E-state index in [4.69, 9.17) is 11.6 Å². The van der Waals surface area contributed by atoms with Gasteiger partial charge in [-0.25, -0.2) is 0 Å². The topological polar surface area (TPSA) is 15.3 Å². The molecule has 0 saturated carbocycles. The smallest absolute Gasteiger partial charge is 0.122 e. The molecule has 1 aromatic carbocycles. The summed E-state index contributed by atoms with van der Waals surface area (Å²) in [6.45, 7) is 0. The van der Waals surface area contributed by atoms with E-state index < -0.39 is 0 Å². The van der Waals surface area contributed by atoms with Gasteiger partial charge < -0.3 is 10.2 Å². The van der Waals surface area contributed by atoms with E-state index >= 15 is 0 Å². The maximum atomic E-state index is 6.33. The molecule has 1 spiro atoms. The lowest BCUT2D eigenvalue weighted by molar-refractivity contribution is 0.199. The van der Waals surface area contributed by atoms with Gasteiger partial charge in [-0.2, -0.15) is 0 Å². The maximum Gasteiger partial charge on any atom is 0.122 e. The number of rotatable bonds is 0. The predicted molar refractivity (Wildman–Crippen MR) is 80.6 cm³/mol. The monoisotopic (exact) mass is 334 g/mol. The molecule has 4 rings (SSSR count). The quantitative estimate of drug-likeness (QED) is 0.779. The lowest BCUT2D eigenvalue weighted by Crippen LogP contribution is -2.51. The minimum absolute atomic E-state index is 0.0908. The van der Waals surface area contributed by atoms with Crippen molar-refractivity contribution in [2.24, 2.45) is 0 Å². The van der Waals surface area contributed by atoms with Crippen LogP contribution in [-0.4, -0.2) is 10.6 Å². The summed E-state index contributed by atoms with van der Waals surface area (Å²) in [5.41, 5.74) is 3.80. The van der Waals surface area contributed by atoms with Crippen molar-refractivity contribution in [2.75, 3.05) is 0 Å². The van der Waals surface area contributed by atoms with Gasteiger partial charge in [0.15, 0.2) is 0 Å². The Kier molecular flexibility index (Phi) is 2.39. The molecule has 19 heavy (non-hydrogen) atoms. The highest BCUT2D eigenvalue weighted by Gasteiger charge is 2.46. The number of hydrogen-bond acceptors (Lipinski definition) is 2. The molecule has 1 N–H and O–H groups in total. The van der Waals surface area contributed by atoms with Gasteiger partial charge in [0.25, 0.3) is 0 Å². The first-order chi connectivity index (χ1) is 9.18. The van der Waals surface area contributed by atoms with Crippen molar-refractivity contribution in [1.82, 2.24) is 10.2 Å². The highest BCUT2D eigenvalue weighted by Crippen LogP contribution is 2.43. The number of hydrogen-bond donors (Lipinski definition) is 1. The Morgan fingerprint density at radius 2 is 1.89 bits per heavy atom. The van der Waals surface area contributed by atoms with Crippen molar-refractivity contribution in [3.05, 3.63) is 69.1 Å². The number of nitrogens with zero attached hydrogens (tertiary/aromatic N) is 1. The average Bonchev–Trinajstić information content (AvgIpc) is 2.91. The van der Waals surface area contributed by atoms with E-state index in [0.717, 1.165) is 28.1 Å². The number of halogens is 2. The first kappa shape index (κ1) is 11.6. The molecule has 2 aliphatic heterocycles. The summed E-state index contributed by atoms with van der Waals surface area (Å²) in [6, 6.07) is 8.64. The standard InChI is InChI=1S/C15H12BrClN2/c16-12-5-13(17)14-8-18-15(19(14)9-12)6-10-3-1-2-4-11(10)7-15/h1-5,8-9,18H,6-7H2. The van der Waals surface area contributed by atoms with Crippen LogP contribution in [0.15, 0.2) is 58.0 Å². The zero-order valence-corrected chi connectivity index (χ0v) is 12.5. The Balaban J connectivity index is 1.76. The SMILES string of the molecule is ClC1=CC(Br)=CN2C1=CNC21Cc2ccccc2C1. The second-order valence-corrected chi connectivity index (χ2v) is 6.53. The van der Waals surface area contributed by atoms with Crippen LogP contribution >= 0.6 is 27.5 Å². The Bertz CT molecular complexity index is 635. The average molecular weight is 336 g/mol. The van der Waals surface area contributed by atoms with Crippen molar-refractivity contribution < 1.29 is 0 Å². The third-order valence-electron chi connectivity index (χ3n) is 4.04. The van der Waals surface area contributed by atoms with Crippen LogP contribution in [0.25, 0.3) is 0 Å². The molecule has 0 aromatic heterocycles. The Morgan fingerprint density at radius 1 is 1.21 bits per heavy atom. The van der Waals surface area contributed by atoms with Crippen LogP contribution in [0.4, 0.5) is 0 Å². The highest BCUT2D eigenvalue weighted by atomic mass is 79.9. The molecule has 1 aromatic rings. The van der Waals surface area contributed by atoms with E-state index in [0.29, 0.717) is 0 Å². The van der Waals surface area contributed by atoms with E-state index in [2.05, 4.69) is 56.6 Å². The Labute approximate surface area is 125 Å². The van der Waals surface area contributed by atoms with Crippen molar-refractivity contribution in [1.29, 1.82) is 0 Å². The summed E-state index contributed by atoms with van der Waals surface area (Å²) in [5, 5.41) is 4.32. The summed E-state index contributed by atoms with van der Waals surface area (Å²) in [6.07, 6.45) is 8.06. The first-order valence-corrected chi connectivity index (χ1v) is 7.44. The molecular weight excluding hydrogens is 324 g/mol. The summed E-state index contributed by atoms with van der Waals surface area (Å²) in [5.74, 6) is 0. The van der Waals surface area contributed by atoms with Crippen molar-refractivity contribution in [2.45, 2.75) is 18.5 Å². The molecule has 2 heterocycles. The molecule has 0 fully saturated rings. The molecule has 0 amide bonds. The number of nitrogens with one attached hydrogen (secondary N) is 1. The van der Waals surface area contributed by atoms with Gasteiger partial charge in [-0.1, -0.05) is 35.9 Å². The van der Waals surface area contributed by atoms with Gasteiger partial charge in [-0.05, 0) is 33.1 Å². The fourth-order valence-corrected chi connectivity index (χ4v) is 4.00. The van der Waals surface area contributed by atoms with Gasteiger partial charge in [-0.3, -0.25) is 0 Å². The third kappa shape index (κ3) is 1.61. The molecule has 0 saturated heterocycles. The van der Waals surface area contributed by atoms with Crippen LogP contribution < -0.4 is 5.32 Å². The zero-order valence-electron chi connectivity index (χ0n) is 10.2. The largest absolute Gasteiger partial charge is 0.366 e. The highest BCUT2D eigenvalue weighted by molar-refractivity contribution is 9.11. The lowest BCUT2D eigenvalue weighted by atomic mass is 10.1. The normalized spacial score (nSPS) is 22.4. The van der Waals surface area contributed by atoms with Gasteiger partial charge >= 0.3 is 0 Å². The Hall–Kier alpha value is -1.19. The second kappa shape index (κ2) is 3.90. The van der Waals surface area contributed by atoms with E-state index in [1.54, 1.807) is 0 Å². The summed E-state index contributed by atoms with van der Waals surface area (Å²) < 4.78 is 1.01. The van der Waals surface area contributed by atoms with Crippen LogP contribution in [0.3, 0.4) is 0 Å². The lowest BCUT2D eigenvalue weighted by Gasteiger charge is -2.37. The maximum absolute atomic E-state index is 6.33. The number of allylic oxidation sites excluding steroid dienone is 3. The van der Waals surface area contributed by atoms with Crippen LogP contribution in [0, 0.1) is 0 Å². The van der Waals surface area contributed by atoms with Crippen LogP contribution in [0.2, 0.25) is 0 Å². The molecule has 96 valence electrons. The van der Waals surface area contributed by atoms with Crippen LogP contribution in [-0.2, 0) is 12.8 Å². The fourth-order valence-electron chi connectivity index (χ4n) is 3.17. The number of benzene rings is 1. The van der Waals surface area contributed by atoms with Gasteiger partial charge in [-0.15, -0.1) is 0 Å². The zero-order chi connectivity index (χ0) is 13.0. The first-order valence-electron chi connectivity index (χ1n) is 6.27. The molecule has 1 aliphatic carbocycles. The fraction of sp³-hybridized carbons (Fsp3) is 0.200. The van der Waals surface area contributed by atoms with Crippen molar-refractivity contribution in [3.8, 4) is 0 Å². The minimum Gasteiger partial charge on any atom is -0.366 e. The third-order valence-corrected chi connectivity index (χ3v) is 4.78. The van der Waals surface area contributed by atoms with E-state index in [9.17, 15) is 0 Å². The molecule has 0 unspecified atom stereocenters. The molecule has 0 radical (unpaired) electrons. The molecule has 0 atom stereocenters. The van der Waals surface area contributed by atoms with E-state index in [-0.39, 0.29) is 5.66 Å². The van der Waals surface area contributed by atoms with Gasteiger partial charge in [0.05, 0.1) is 10.7 Å². The van der Waals surface area contributed by atoms with Gasteiger partial charge in [0, 0.05) is 29.7 Å². The molecular formula is C15H12BrClN2. The van der Waals surface area contributed by atoms with Crippen molar-refractivity contribution >= 4 is 27.5 Å². The summed E-state index contributed by atoms with van der Waals surface area (Å²) >= 11 is 9.86. The van der Waals surface area contributed by atoms with E-state index in [1.165, 1.54) is 11.1 Å². The van der Waals surface area contributed by atoms with Gasteiger partial charge in [0.1, 0.15) is 5.66 Å². The molecule has 4 heteroatoms. The summed E-state index contributed by atoms with van der Waals surface area (Å²) in [4.78, 5) is 2.26. The molecule has 0 bridgehead atoms. The van der Waals surface area contributed by atoms with Crippen LogP contribution in [0.5, 0.6) is 0 Å². The predicted octanol–water partition coefficient (Wildman–Crippen LogP) is 3.60. The second-order valence-electron chi connectivity index (χ2n) is 5.20. The van der Waals surface area contributed by atoms with Gasteiger partial charge in [0.2, 0.25) is 0 Å². The molecule has 2 nitrogen and oxygen atoms in total. The molecule has 3 aliphatic rings. The van der Waals surface area contributed by atoms with Crippen LogP contribution in [0.1, 0.15) is 11.1 Å². The number of fused-ring (bicyclic) bond motifs is 3. The minimum atomic E-state index is -0.0908. The van der Waals surface area contributed by atoms with E-state index in [1.807, 2.05) is 12.3 Å². The van der Waals surface area contributed by atoms with Crippen molar-refractivity contribution in [3.63, 3.8) is 0 Å².